The fourth-order valence-electron chi connectivity index (χ4n) is 2.70. The van der Waals surface area contributed by atoms with Gasteiger partial charge in [0.25, 0.3) is 0 Å². The maximum Gasteiger partial charge on any atom is 0.228 e. The van der Waals surface area contributed by atoms with E-state index in [2.05, 4.69) is 10.2 Å². The third kappa shape index (κ3) is 4.06. The van der Waals surface area contributed by atoms with Crippen LogP contribution in [-0.2, 0) is 17.8 Å². The van der Waals surface area contributed by atoms with Crippen LogP contribution in [0.15, 0.2) is 42.5 Å². The van der Waals surface area contributed by atoms with Gasteiger partial charge in [0.1, 0.15) is 13.2 Å². The molecule has 0 saturated heterocycles. The van der Waals surface area contributed by atoms with Crippen LogP contribution in [0.1, 0.15) is 11.1 Å². The molecule has 0 saturated carbocycles. The predicted octanol–water partition coefficient (Wildman–Crippen LogP) is 2.70. The van der Waals surface area contributed by atoms with Crippen molar-refractivity contribution in [3.63, 3.8) is 0 Å². The lowest BCUT2D eigenvalue weighted by molar-refractivity contribution is -0.115. The molecular weight excluding hydrogens is 304 g/mol. The van der Waals surface area contributed by atoms with E-state index in [1.807, 2.05) is 56.6 Å². The van der Waals surface area contributed by atoms with E-state index < -0.39 is 0 Å². The normalized spacial score (nSPS) is 13.0. The highest BCUT2D eigenvalue weighted by molar-refractivity contribution is 5.93. The van der Waals surface area contributed by atoms with Crippen molar-refractivity contribution in [2.45, 2.75) is 13.0 Å². The number of anilines is 1. The van der Waals surface area contributed by atoms with Gasteiger partial charge in [-0.25, -0.2) is 0 Å². The quantitative estimate of drug-likeness (QED) is 0.918. The van der Waals surface area contributed by atoms with Crippen LogP contribution in [0.25, 0.3) is 0 Å². The third-order valence-electron chi connectivity index (χ3n) is 3.75. The minimum Gasteiger partial charge on any atom is -0.486 e. The van der Waals surface area contributed by atoms with Crippen LogP contribution in [0.5, 0.6) is 11.5 Å². The second kappa shape index (κ2) is 7.36. The van der Waals surface area contributed by atoms with Gasteiger partial charge in [0.05, 0.1) is 6.42 Å². The summed E-state index contributed by atoms with van der Waals surface area (Å²) in [6.45, 7) is 1.89. The third-order valence-corrected chi connectivity index (χ3v) is 3.75. The smallest absolute Gasteiger partial charge is 0.228 e. The lowest BCUT2D eigenvalue weighted by atomic mass is 10.1. The highest BCUT2D eigenvalue weighted by atomic mass is 16.6. The van der Waals surface area contributed by atoms with Crippen molar-refractivity contribution in [2.24, 2.45) is 0 Å². The Kier molecular flexibility index (Phi) is 5.01. The minimum atomic E-state index is -0.0436. The second-order valence-corrected chi connectivity index (χ2v) is 6.10. The maximum absolute atomic E-state index is 12.4. The van der Waals surface area contributed by atoms with E-state index in [1.54, 1.807) is 0 Å². The molecule has 1 aliphatic rings. The summed E-state index contributed by atoms with van der Waals surface area (Å²) in [4.78, 5) is 14.5. The molecule has 0 bridgehead atoms. The zero-order valence-corrected chi connectivity index (χ0v) is 14.0. The predicted molar refractivity (Wildman–Crippen MR) is 93.6 cm³/mol. The highest BCUT2D eigenvalue weighted by Crippen LogP contribution is 2.31. The van der Waals surface area contributed by atoms with Gasteiger partial charge >= 0.3 is 0 Å². The molecule has 126 valence electrons. The molecule has 0 unspecified atom stereocenters. The fraction of sp³-hybridized carbons (Fsp3) is 0.316. The molecule has 0 atom stereocenters. The summed E-state index contributed by atoms with van der Waals surface area (Å²) in [5, 5.41) is 3.01. The average Bonchev–Trinajstić information content (AvgIpc) is 2.56. The molecule has 5 nitrogen and oxygen atoms in total. The van der Waals surface area contributed by atoms with Crippen molar-refractivity contribution >= 4 is 11.6 Å². The first-order chi connectivity index (χ1) is 11.6. The van der Waals surface area contributed by atoms with Gasteiger partial charge in [-0.15, -0.1) is 0 Å². The Labute approximate surface area is 142 Å². The van der Waals surface area contributed by atoms with Crippen molar-refractivity contribution in [2.75, 3.05) is 32.6 Å². The number of hydrogen-bond acceptors (Lipinski definition) is 4. The van der Waals surface area contributed by atoms with Crippen LogP contribution in [0.4, 0.5) is 5.69 Å². The van der Waals surface area contributed by atoms with Gasteiger partial charge in [-0.3, -0.25) is 4.79 Å². The van der Waals surface area contributed by atoms with Crippen molar-refractivity contribution in [3.05, 3.63) is 53.6 Å². The number of para-hydroxylation sites is 1. The van der Waals surface area contributed by atoms with Crippen LogP contribution < -0.4 is 14.8 Å². The molecule has 1 N–H and O–H groups in total. The lowest BCUT2D eigenvalue weighted by Crippen LogP contribution is -2.18. The SMILES string of the molecule is CN(C)Cc1ccccc1NC(=O)Cc1ccc2c(c1)OCCO2. The number of rotatable bonds is 5. The van der Waals surface area contributed by atoms with Gasteiger partial charge < -0.3 is 19.7 Å². The van der Waals surface area contributed by atoms with E-state index in [0.29, 0.717) is 25.4 Å². The highest BCUT2D eigenvalue weighted by Gasteiger charge is 2.14. The Morgan fingerprint density at radius 3 is 2.62 bits per heavy atom. The van der Waals surface area contributed by atoms with E-state index in [-0.39, 0.29) is 5.91 Å². The molecule has 1 amide bonds. The molecule has 1 aliphatic heterocycles. The first kappa shape index (κ1) is 16.3. The van der Waals surface area contributed by atoms with E-state index in [0.717, 1.165) is 29.1 Å². The van der Waals surface area contributed by atoms with Gasteiger partial charge in [-0.2, -0.15) is 0 Å². The first-order valence-electron chi connectivity index (χ1n) is 8.03. The van der Waals surface area contributed by atoms with Crippen LogP contribution in [0, 0.1) is 0 Å². The topological polar surface area (TPSA) is 50.8 Å². The van der Waals surface area contributed by atoms with Gasteiger partial charge in [0.2, 0.25) is 5.91 Å². The van der Waals surface area contributed by atoms with Crippen LogP contribution in [0.3, 0.4) is 0 Å². The second-order valence-electron chi connectivity index (χ2n) is 6.10. The van der Waals surface area contributed by atoms with E-state index in [1.165, 1.54) is 0 Å². The first-order valence-corrected chi connectivity index (χ1v) is 8.03. The summed E-state index contributed by atoms with van der Waals surface area (Å²) in [5.74, 6) is 1.40. The molecule has 0 spiro atoms. The van der Waals surface area contributed by atoms with E-state index in [4.69, 9.17) is 9.47 Å². The standard InChI is InChI=1S/C19H22N2O3/c1-21(2)13-15-5-3-4-6-16(15)20-19(22)12-14-7-8-17-18(11-14)24-10-9-23-17/h3-8,11H,9-10,12-13H2,1-2H3,(H,20,22). The summed E-state index contributed by atoms with van der Waals surface area (Å²) in [6, 6.07) is 13.5. The van der Waals surface area contributed by atoms with E-state index >= 15 is 0 Å². The Hall–Kier alpha value is -2.53. The number of nitrogens with one attached hydrogen (secondary N) is 1. The number of benzene rings is 2. The molecule has 2 aromatic carbocycles. The lowest BCUT2D eigenvalue weighted by Gasteiger charge is -2.19. The zero-order chi connectivity index (χ0) is 16.9. The van der Waals surface area contributed by atoms with Gasteiger partial charge in [-0.1, -0.05) is 24.3 Å². The molecule has 5 heteroatoms. The Morgan fingerprint density at radius 2 is 1.83 bits per heavy atom. The van der Waals surface area contributed by atoms with Crippen molar-refractivity contribution in [1.29, 1.82) is 0 Å². The van der Waals surface area contributed by atoms with Gasteiger partial charge in [-0.05, 0) is 43.4 Å². The number of hydrogen-bond donors (Lipinski definition) is 1. The molecule has 1 heterocycles. The largest absolute Gasteiger partial charge is 0.486 e. The Balaban J connectivity index is 1.68. The van der Waals surface area contributed by atoms with Gasteiger partial charge in [0, 0.05) is 12.2 Å². The Bertz CT molecular complexity index is 728. The molecule has 3 rings (SSSR count). The number of nitrogens with zero attached hydrogens (tertiary/aromatic N) is 1. The molecule has 24 heavy (non-hydrogen) atoms. The van der Waals surface area contributed by atoms with Crippen LogP contribution >= 0.6 is 0 Å². The summed E-state index contributed by atoms with van der Waals surface area (Å²) >= 11 is 0. The van der Waals surface area contributed by atoms with Crippen molar-refractivity contribution in [1.82, 2.24) is 4.90 Å². The molecule has 0 fully saturated rings. The number of carbonyl (C=O) groups is 1. The summed E-state index contributed by atoms with van der Waals surface area (Å²) in [6.07, 6.45) is 0.299. The number of fused-ring (bicyclic) bond motifs is 1. The summed E-state index contributed by atoms with van der Waals surface area (Å²) in [5.41, 5.74) is 2.86. The van der Waals surface area contributed by atoms with Crippen molar-refractivity contribution in [3.8, 4) is 11.5 Å². The molecule has 0 aromatic heterocycles. The maximum atomic E-state index is 12.4. The number of ether oxygens (including phenoxy) is 2. The average molecular weight is 326 g/mol. The summed E-state index contributed by atoms with van der Waals surface area (Å²) in [7, 11) is 4.02. The number of carbonyl (C=O) groups excluding carboxylic acids is 1. The van der Waals surface area contributed by atoms with Crippen molar-refractivity contribution < 1.29 is 14.3 Å². The fourth-order valence-corrected chi connectivity index (χ4v) is 2.70. The molecule has 2 aromatic rings. The van der Waals surface area contributed by atoms with Crippen LogP contribution in [0.2, 0.25) is 0 Å². The summed E-state index contributed by atoms with van der Waals surface area (Å²) < 4.78 is 11.1. The van der Waals surface area contributed by atoms with E-state index in [9.17, 15) is 4.79 Å². The molecule has 0 aliphatic carbocycles. The van der Waals surface area contributed by atoms with Gasteiger partial charge in [0.15, 0.2) is 11.5 Å². The number of amides is 1. The van der Waals surface area contributed by atoms with Crippen LogP contribution in [-0.4, -0.2) is 38.1 Å². The zero-order valence-electron chi connectivity index (χ0n) is 14.0. The molecule has 0 radical (unpaired) electrons. The molecular formula is C19H22N2O3. The monoisotopic (exact) mass is 326 g/mol. The Morgan fingerprint density at radius 1 is 1.08 bits per heavy atom. The minimum absolute atomic E-state index is 0.0436.